The number of likely N-dealkylation sites (tertiary alicyclic amines) is 1. The van der Waals surface area contributed by atoms with Gasteiger partial charge in [0.15, 0.2) is 0 Å². The third kappa shape index (κ3) is 3.21. The van der Waals surface area contributed by atoms with E-state index in [0.717, 1.165) is 18.4 Å². The minimum absolute atomic E-state index is 0.101. The summed E-state index contributed by atoms with van der Waals surface area (Å²) < 4.78 is 5.75. The number of carbonyl (C=O) groups excluding carboxylic acids is 1. The number of hydrogen-bond donors (Lipinski definition) is 2. The Morgan fingerprint density at radius 3 is 2.58 bits per heavy atom. The van der Waals surface area contributed by atoms with E-state index in [0.29, 0.717) is 32.5 Å². The second kappa shape index (κ2) is 7.21. The molecule has 1 saturated carbocycles. The van der Waals surface area contributed by atoms with Gasteiger partial charge in [-0.05, 0) is 25.3 Å². The summed E-state index contributed by atoms with van der Waals surface area (Å²) in [6.07, 6.45) is 1.27. The van der Waals surface area contributed by atoms with Gasteiger partial charge in [0.25, 0.3) is 5.91 Å². The van der Waals surface area contributed by atoms with E-state index in [4.69, 9.17) is 4.74 Å². The molecule has 1 aliphatic heterocycles. The van der Waals surface area contributed by atoms with E-state index in [2.05, 4.69) is 0 Å². The predicted octanol–water partition coefficient (Wildman–Crippen LogP) is 1.37. The van der Waals surface area contributed by atoms with Gasteiger partial charge in [0, 0.05) is 38.0 Å². The Bertz CT molecular complexity index is 552. The Morgan fingerprint density at radius 2 is 2.00 bits per heavy atom. The van der Waals surface area contributed by atoms with E-state index in [1.54, 1.807) is 4.90 Å². The second-order valence-electron chi connectivity index (χ2n) is 6.96. The SMILES string of the molecule is CCO[C@H]1C[C@@H](O)C12CCN(C(=O)[C@@H](O)Cc1ccccc1)CC2. The van der Waals surface area contributed by atoms with Crippen LogP contribution in [-0.4, -0.2) is 59.0 Å². The first kappa shape index (κ1) is 17.4. The summed E-state index contributed by atoms with van der Waals surface area (Å²) in [7, 11) is 0. The largest absolute Gasteiger partial charge is 0.392 e. The number of ether oxygens (including phenoxy) is 1. The van der Waals surface area contributed by atoms with Crippen molar-refractivity contribution in [2.24, 2.45) is 5.41 Å². The normalized spacial score (nSPS) is 26.9. The fraction of sp³-hybridized carbons (Fsp3) is 0.632. The first-order valence-electron chi connectivity index (χ1n) is 8.87. The van der Waals surface area contributed by atoms with Gasteiger partial charge in [-0.2, -0.15) is 0 Å². The van der Waals surface area contributed by atoms with Crippen LogP contribution in [0, 0.1) is 5.41 Å². The van der Waals surface area contributed by atoms with Gasteiger partial charge in [-0.1, -0.05) is 30.3 Å². The molecule has 0 radical (unpaired) electrons. The zero-order valence-corrected chi connectivity index (χ0v) is 14.2. The Labute approximate surface area is 143 Å². The molecule has 1 aromatic carbocycles. The molecule has 5 nitrogen and oxygen atoms in total. The van der Waals surface area contributed by atoms with Crippen molar-refractivity contribution in [1.29, 1.82) is 0 Å². The molecular weight excluding hydrogens is 306 g/mol. The summed E-state index contributed by atoms with van der Waals surface area (Å²) >= 11 is 0. The van der Waals surface area contributed by atoms with Crippen LogP contribution in [-0.2, 0) is 16.0 Å². The summed E-state index contributed by atoms with van der Waals surface area (Å²) in [6.45, 7) is 3.77. The number of amides is 1. The maximum Gasteiger partial charge on any atom is 0.251 e. The van der Waals surface area contributed by atoms with Gasteiger partial charge in [-0.25, -0.2) is 0 Å². The number of carbonyl (C=O) groups is 1. The van der Waals surface area contributed by atoms with Crippen molar-refractivity contribution in [3.05, 3.63) is 35.9 Å². The summed E-state index contributed by atoms with van der Waals surface area (Å²) in [4.78, 5) is 14.2. The van der Waals surface area contributed by atoms with E-state index in [1.165, 1.54) is 0 Å². The summed E-state index contributed by atoms with van der Waals surface area (Å²) in [5.41, 5.74) is 0.759. The highest BCUT2D eigenvalue weighted by molar-refractivity contribution is 5.81. The first-order chi connectivity index (χ1) is 11.6. The van der Waals surface area contributed by atoms with E-state index in [-0.39, 0.29) is 23.5 Å². The van der Waals surface area contributed by atoms with Crippen LogP contribution in [0.5, 0.6) is 0 Å². The van der Waals surface area contributed by atoms with Crippen LogP contribution in [0.25, 0.3) is 0 Å². The van der Waals surface area contributed by atoms with Crippen LogP contribution in [0.1, 0.15) is 31.7 Å². The molecule has 2 aliphatic rings. The average Bonchev–Trinajstić information content (AvgIpc) is 2.62. The average molecular weight is 333 g/mol. The van der Waals surface area contributed by atoms with Crippen LogP contribution in [0.3, 0.4) is 0 Å². The zero-order valence-electron chi connectivity index (χ0n) is 14.2. The highest BCUT2D eigenvalue weighted by Gasteiger charge is 2.56. The Balaban J connectivity index is 1.55. The van der Waals surface area contributed by atoms with Crippen molar-refractivity contribution in [2.75, 3.05) is 19.7 Å². The molecule has 1 spiro atoms. The number of piperidine rings is 1. The van der Waals surface area contributed by atoms with Gasteiger partial charge in [0.1, 0.15) is 6.10 Å². The lowest BCUT2D eigenvalue weighted by Gasteiger charge is -2.56. The molecule has 0 unspecified atom stereocenters. The lowest BCUT2D eigenvalue weighted by atomic mass is 9.58. The van der Waals surface area contributed by atoms with E-state index < -0.39 is 6.10 Å². The molecule has 0 bridgehead atoms. The molecule has 24 heavy (non-hydrogen) atoms. The van der Waals surface area contributed by atoms with E-state index in [9.17, 15) is 15.0 Å². The molecule has 0 aromatic heterocycles. The molecule has 2 fully saturated rings. The number of aliphatic hydroxyl groups excluding tert-OH is 2. The molecule has 3 rings (SSSR count). The van der Waals surface area contributed by atoms with Crippen LogP contribution in [0.15, 0.2) is 30.3 Å². The summed E-state index contributed by atoms with van der Waals surface area (Å²) in [5.74, 6) is -0.213. The number of benzene rings is 1. The van der Waals surface area contributed by atoms with Crippen molar-refractivity contribution >= 4 is 5.91 Å². The smallest absolute Gasteiger partial charge is 0.251 e. The van der Waals surface area contributed by atoms with Crippen molar-refractivity contribution in [3.8, 4) is 0 Å². The van der Waals surface area contributed by atoms with Crippen LogP contribution in [0.2, 0.25) is 0 Å². The van der Waals surface area contributed by atoms with Gasteiger partial charge < -0.3 is 19.8 Å². The number of nitrogens with zero attached hydrogens (tertiary/aromatic N) is 1. The molecule has 1 saturated heterocycles. The third-order valence-corrected chi connectivity index (χ3v) is 5.67. The Kier molecular flexibility index (Phi) is 5.23. The minimum Gasteiger partial charge on any atom is -0.392 e. The van der Waals surface area contributed by atoms with Crippen molar-refractivity contribution < 1.29 is 19.7 Å². The number of aliphatic hydroxyl groups is 2. The topological polar surface area (TPSA) is 70.0 Å². The highest BCUT2D eigenvalue weighted by atomic mass is 16.5. The monoisotopic (exact) mass is 333 g/mol. The zero-order chi connectivity index (χ0) is 17.2. The molecule has 1 aliphatic carbocycles. The van der Waals surface area contributed by atoms with Gasteiger partial charge in [0.05, 0.1) is 12.2 Å². The first-order valence-corrected chi connectivity index (χ1v) is 8.87. The standard InChI is InChI=1S/C19H27NO4/c1-2-24-17-13-16(22)19(17)8-10-20(11-9-19)18(23)15(21)12-14-6-4-3-5-7-14/h3-7,15-17,21-22H,2,8-13H2,1H3/t15-,16+,17-/m0/s1. The van der Waals surface area contributed by atoms with E-state index in [1.807, 2.05) is 37.3 Å². The second-order valence-corrected chi connectivity index (χ2v) is 6.96. The van der Waals surface area contributed by atoms with Crippen LogP contribution < -0.4 is 0 Å². The van der Waals surface area contributed by atoms with E-state index >= 15 is 0 Å². The molecule has 1 heterocycles. The van der Waals surface area contributed by atoms with Crippen LogP contribution >= 0.6 is 0 Å². The fourth-order valence-electron chi connectivity index (χ4n) is 4.10. The van der Waals surface area contributed by atoms with Crippen molar-refractivity contribution in [3.63, 3.8) is 0 Å². The summed E-state index contributed by atoms with van der Waals surface area (Å²) in [6, 6.07) is 9.56. The summed E-state index contributed by atoms with van der Waals surface area (Å²) in [5, 5.41) is 20.5. The maximum absolute atomic E-state index is 12.5. The van der Waals surface area contributed by atoms with Crippen molar-refractivity contribution in [1.82, 2.24) is 4.90 Å². The van der Waals surface area contributed by atoms with Crippen LogP contribution in [0.4, 0.5) is 0 Å². The highest BCUT2D eigenvalue weighted by Crippen LogP contribution is 2.50. The molecular formula is C19H27NO4. The third-order valence-electron chi connectivity index (χ3n) is 5.67. The van der Waals surface area contributed by atoms with Gasteiger partial charge in [0.2, 0.25) is 0 Å². The molecule has 3 atom stereocenters. The predicted molar refractivity (Wildman–Crippen MR) is 90.4 cm³/mol. The number of hydrogen-bond acceptors (Lipinski definition) is 4. The van der Waals surface area contributed by atoms with Gasteiger partial charge in [-0.15, -0.1) is 0 Å². The maximum atomic E-state index is 12.5. The lowest BCUT2D eigenvalue weighted by Crippen LogP contribution is -2.63. The minimum atomic E-state index is -1.00. The Hall–Kier alpha value is -1.43. The fourth-order valence-corrected chi connectivity index (χ4v) is 4.10. The quantitative estimate of drug-likeness (QED) is 0.854. The Morgan fingerprint density at radius 1 is 1.33 bits per heavy atom. The molecule has 132 valence electrons. The van der Waals surface area contributed by atoms with Gasteiger partial charge >= 0.3 is 0 Å². The number of rotatable bonds is 5. The lowest BCUT2D eigenvalue weighted by molar-refractivity contribution is -0.210. The molecule has 5 heteroatoms. The molecule has 2 N–H and O–H groups in total. The van der Waals surface area contributed by atoms with Gasteiger partial charge in [-0.3, -0.25) is 4.79 Å². The van der Waals surface area contributed by atoms with Crippen molar-refractivity contribution in [2.45, 2.75) is 50.9 Å². The molecule has 1 aromatic rings. The molecule has 1 amide bonds.